The van der Waals surface area contributed by atoms with Gasteiger partial charge in [-0.25, -0.2) is 4.68 Å². The zero-order chi connectivity index (χ0) is 17.8. The summed E-state index contributed by atoms with van der Waals surface area (Å²) >= 11 is 0. The van der Waals surface area contributed by atoms with Crippen molar-refractivity contribution in [1.82, 2.24) is 9.78 Å². The van der Waals surface area contributed by atoms with Crippen LogP contribution >= 0.6 is 0 Å². The largest absolute Gasteiger partial charge is 0.435 e. The van der Waals surface area contributed by atoms with Gasteiger partial charge < -0.3 is 10.1 Å². The monoisotopic (exact) mass is 345 g/mol. The molecule has 1 heterocycles. The first kappa shape index (κ1) is 16.6. The minimum Gasteiger partial charge on any atom is -0.435 e. The maximum atomic E-state index is 12.3. The first-order valence-corrected chi connectivity index (χ1v) is 7.32. The zero-order valence-corrected chi connectivity index (χ0v) is 12.9. The van der Waals surface area contributed by atoms with Gasteiger partial charge in [0.2, 0.25) is 5.91 Å². The van der Waals surface area contributed by atoms with E-state index in [1.807, 2.05) is 0 Å². The van der Waals surface area contributed by atoms with Gasteiger partial charge in [-0.05, 0) is 30.3 Å². The van der Waals surface area contributed by atoms with Crippen molar-refractivity contribution in [3.05, 3.63) is 65.1 Å². The van der Waals surface area contributed by atoms with Gasteiger partial charge in [0.25, 0.3) is 5.56 Å². The lowest BCUT2D eigenvalue weighted by atomic mass is 10.2. The molecule has 0 fully saturated rings. The van der Waals surface area contributed by atoms with E-state index in [2.05, 4.69) is 15.2 Å². The molecule has 128 valence electrons. The van der Waals surface area contributed by atoms with Crippen LogP contribution in [0.15, 0.2) is 59.5 Å². The van der Waals surface area contributed by atoms with Crippen molar-refractivity contribution in [3.63, 3.8) is 0 Å². The SMILES string of the molecule is O=C(Cn1ncc2ccccc2c1=O)Nc1ccc(OC(F)F)cc1. The number of ether oxygens (including phenoxy) is 1. The van der Waals surface area contributed by atoms with Crippen molar-refractivity contribution >= 4 is 22.4 Å². The molecule has 1 N–H and O–H groups in total. The second-order valence-electron chi connectivity index (χ2n) is 5.15. The molecular formula is C17H13F2N3O3. The van der Waals surface area contributed by atoms with E-state index in [4.69, 9.17) is 0 Å². The van der Waals surface area contributed by atoms with Crippen molar-refractivity contribution in [2.24, 2.45) is 0 Å². The molecule has 25 heavy (non-hydrogen) atoms. The Morgan fingerprint density at radius 3 is 2.60 bits per heavy atom. The maximum Gasteiger partial charge on any atom is 0.387 e. The van der Waals surface area contributed by atoms with E-state index < -0.39 is 12.5 Å². The molecule has 0 unspecified atom stereocenters. The molecule has 0 saturated carbocycles. The highest BCUT2D eigenvalue weighted by Gasteiger charge is 2.09. The lowest BCUT2D eigenvalue weighted by molar-refractivity contribution is -0.117. The van der Waals surface area contributed by atoms with E-state index in [-0.39, 0.29) is 17.9 Å². The summed E-state index contributed by atoms with van der Waals surface area (Å²) in [7, 11) is 0. The van der Waals surface area contributed by atoms with Gasteiger partial charge in [0.15, 0.2) is 0 Å². The molecule has 1 amide bonds. The molecule has 3 rings (SSSR count). The molecule has 0 bridgehead atoms. The van der Waals surface area contributed by atoms with Crippen molar-refractivity contribution < 1.29 is 18.3 Å². The fraction of sp³-hybridized carbons (Fsp3) is 0.118. The average molecular weight is 345 g/mol. The summed E-state index contributed by atoms with van der Waals surface area (Å²) in [6, 6.07) is 12.4. The highest BCUT2D eigenvalue weighted by atomic mass is 19.3. The van der Waals surface area contributed by atoms with E-state index in [9.17, 15) is 18.4 Å². The maximum absolute atomic E-state index is 12.3. The van der Waals surface area contributed by atoms with Crippen LogP contribution in [0.5, 0.6) is 5.75 Å². The molecule has 0 aliphatic heterocycles. The summed E-state index contributed by atoms with van der Waals surface area (Å²) in [5.41, 5.74) is 0.0226. The first-order chi connectivity index (χ1) is 12.0. The van der Waals surface area contributed by atoms with E-state index >= 15 is 0 Å². The minimum absolute atomic E-state index is 0.0135. The van der Waals surface area contributed by atoms with Crippen molar-refractivity contribution in [3.8, 4) is 5.75 Å². The predicted octanol–water partition coefficient (Wildman–Crippen LogP) is 2.64. The number of carbonyl (C=O) groups is 1. The second-order valence-corrected chi connectivity index (χ2v) is 5.15. The summed E-state index contributed by atoms with van der Waals surface area (Å²) < 4.78 is 29.5. The van der Waals surface area contributed by atoms with Gasteiger partial charge >= 0.3 is 6.61 Å². The number of nitrogens with one attached hydrogen (secondary N) is 1. The van der Waals surface area contributed by atoms with Crippen LogP contribution in [0.25, 0.3) is 10.8 Å². The van der Waals surface area contributed by atoms with Gasteiger partial charge in [-0.15, -0.1) is 0 Å². The standard InChI is InChI=1S/C17H13F2N3O3/c18-17(19)25-13-7-5-12(6-8-13)21-15(23)10-22-16(24)14-4-2-1-3-11(14)9-20-22/h1-9,17H,10H2,(H,21,23). The Morgan fingerprint density at radius 2 is 1.88 bits per heavy atom. The van der Waals surface area contributed by atoms with Gasteiger partial charge in [0, 0.05) is 11.1 Å². The molecule has 0 aliphatic carbocycles. The summed E-state index contributed by atoms with van der Waals surface area (Å²) in [5.74, 6) is -0.479. The fourth-order valence-corrected chi connectivity index (χ4v) is 2.30. The van der Waals surface area contributed by atoms with Gasteiger partial charge in [-0.1, -0.05) is 18.2 Å². The number of aromatic nitrogens is 2. The number of benzene rings is 2. The molecular weight excluding hydrogens is 332 g/mol. The van der Waals surface area contributed by atoms with Crippen LogP contribution in [-0.4, -0.2) is 22.3 Å². The van der Waals surface area contributed by atoms with Crippen LogP contribution in [-0.2, 0) is 11.3 Å². The molecule has 0 saturated heterocycles. The van der Waals surface area contributed by atoms with Crippen LogP contribution in [0.2, 0.25) is 0 Å². The fourth-order valence-electron chi connectivity index (χ4n) is 2.30. The number of amides is 1. The van der Waals surface area contributed by atoms with E-state index in [1.165, 1.54) is 30.5 Å². The van der Waals surface area contributed by atoms with Crippen LogP contribution in [0, 0.1) is 0 Å². The normalized spacial score (nSPS) is 10.8. The quantitative estimate of drug-likeness (QED) is 0.771. The molecule has 0 aliphatic rings. The molecule has 8 heteroatoms. The van der Waals surface area contributed by atoms with Crippen molar-refractivity contribution in [1.29, 1.82) is 0 Å². The van der Waals surface area contributed by atoms with E-state index in [0.29, 0.717) is 16.5 Å². The average Bonchev–Trinajstić information content (AvgIpc) is 2.59. The Hall–Kier alpha value is -3.29. The topological polar surface area (TPSA) is 73.2 Å². The van der Waals surface area contributed by atoms with Crippen molar-refractivity contribution in [2.75, 3.05) is 5.32 Å². The smallest absolute Gasteiger partial charge is 0.387 e. The Morgan fingerprint density at radius 1 is 1.16 bits per heavy atom. The van der Waals surface area contributed by atoms with E-state index in [1.54, 1.807) is 24.3 Å². The molecule has 0 spiro atoms. The number of hydrogen-bond acceptors (Lipinski definition) is 4. The van der Waals surface area contributed by atoms with Gasteiger partial charge in [-0.3, -0.25) is 9.59 Å². The highest BCUT2D eigenvalue weighted by Crippen LogP contribution is 2.17. The van der Waals surface area contributed by atoms with Crippen molar-refractivity contribution in [2.45, 2.75) is 13.2 Å². The van der Waals surface area contributed by atoms with Crippen LogP contribution in [0.3, 0.4) is 0 Å². The second kappa shape index (κ2) is 7.08. The molecule has 0 atom stereocenters. The van der Waals surface area contributed by atoms with Crippen LogP contribution < -0.4 is 15.6 Å². The zero-order valence-electron chi connectivity index (χ0n) is 12.9. The molecule has 3 aromatic rings. The molecule has 0 radical (unpaired) electrons. The third-order valence-corrected chi connectivity index (χ3v) is 3.42. The Balaban J connectivity index is 1.70. The highest BCUT2D eigenvalue weighted by molar-refractivity contribution is 5.90. The first-order valence-electron chi connectivity index (χ1n) is 7.32. The Bertz CT molecular complexity index is 955. The molecule has 6 nitrogen and oxygen atoms in total. The summed E-state index contributed by atoms with van der Waals surface area (Å²) in [5, 5.41) is 7.70. The number of fused-ring (bicyclic) bond motifs is 1. The molecule has 2 aromatic carbocycles. The van der Waals surface area contributed by atoms with Gasteiger partial charge in [-0.2, -0.15) is 13.9 Å². The number of halogens is 2. The van der Waals surface area contributed by atoms with Gasteiger partial charge in [0.1, 0.15) is 12.3 Å². The van der Waals surface area contributed by atoms with Gasteiger partial charge in [0.05, 0.1) is 11.6 Å². The third kappa shape index (κ3) is 3.97. The Labute approximate surface area is 140 Å². The number of anilines is 1. The van der Waals surface area contributed by atoms with Crippen LogP contribution in [0.1, 0.15) is 0 Å². The number of nitrogens with zero attached hydrogens (tertiary/aromatic N) is 2. The Kier molecular flexibility index (Phi) is 4.69. The summed E-state index contributed by atoms with van der Waals surface area (Å²) in [4.78, 5) is 24.4. The summed E-state index contributed by atoms with van der Waals surface area (Å²) in [6.45, 7) is -3.18. The number of carbonyl (C=O) groups excluding carboxylic acids is 1. The molecule has 1 aromatic heterocycles. The summed E-state index contributed by atoms with van der Waals surface area (Å²) in [6.07, 6.45) is 1.51. The lowest BCUT2D eigenvalue weighted by Crippen LogP contribution is -2.29. The number of hydrogen-bond donors (Lipinski definition) is 1. The number of rotatable bonds is 5. The predicted molar refractivity (Wildman–Crippen MR) is 87.7 cm³/mol. The third-order valence-electron chi connectivity index (χ3n) is 3.42. The number of alkyl halides is 2. The van der Waals surface area contributed by atoms with Crippen LogP contribution in [0.4, 0.5) is 14.5 Å². The minimum atomic E-state index is -2.91. The lowest BCUT2D eigenvalue weighted by Gasteiger charge is -2.09. The van der Waals surface area contributed by atoms with E-state index in [0.717, 1.165) is 4.68 Å².